The minimum absolute atomic E-state index is 0.00889. The topological polar surface area (TPSA) is 95.1 Å². The van der Waals surface area contributed by atoms with Crippen LogP contribution in [0.5, 0.6) is 0 Å². The van der Waals surface area contributed by atoms with E-state index in [0.29, 0.717) is 0 Å². The van der Waals surface area contributed by atoms with Gasteiger partial charge in [-0.05, 0) is 6.07 Å². The summed E-state index contributed by atoms with van der Waals surface area (Å²) in [5.74, 6) is -1.37. The summed E-state index contributed by atoms with van der Waals surface area (Å²) in [7, 11) is 0. The molecule has 2 N–H and O–H groups in total. The summed E-state index contributed by atoms with van der Waals surface area (Å²) in [5, 5.41) is 19.2. The van der Waals surface area contributed by atoms with Crippen molar-refractivity contribution in [2.24, 2.45) is 0 Å². The Balaban J connectivity index is 2.54. The van der Waals surface area contributed by atoms with Gasteiger partial charge in [0.2, 0.25) is 5.91 Å². The molecule has 6 heteroatoms. The van der Waals surface area contributed by atoms with Gasteiger partial charge in [-0.3, -0.25) is 4.79 Å². The van der Waals surface area contributed by atoms with E-state index in [-0.39, 0.29) is 24.6 Å². The molecule has 0 atom stereocenters. The second-order valence-corrected chi connectivity index (χ2v) is 2.81. The van der Waals surface area contributed by atoms with Crippen LogP contribution in [0.25, 0.3) is 0 Å². The summed E-state index contributed by atoms with van der Waals surface area (Å²) in [6, 6.07) is 3.18. The van der Waals surface area contributed by atoms with Gasteiger partial charge < -0.3 is 15.0 Å². The summed E-state index contributed by atoms with van der Waals surface area (Å²) in [5.41, 5.74) is 0.128. The molecule has 0 bridgehead atoms. The van der Waals surface area contributed by atoms with Crippen molar-refractivity contribution >= 4 is 11.9 Å². The molecule has 0 aliphatic rings. The quantitative estimate of drug-likeness (QED) is 0.670. The Morgan fingerprint density at radius 2 is 2.33 bits per heavy atom. The molecule has 0 radical (unpaired) electrons. The molecule has 1 aromatic rings. The SMILES string of the molecule is N#CCNC(=O)Cn1ccc(C(=O)O)c1. The standard InChI is InChI=1S/C9H9N3O3/c10-2-3-11-8(13)6-12-4-1-7(5-12)9(14)15/h1,4-5H,3,6H2,(H,11,13)(H,14,15). The number of carbonyl (C=O) groups excluding carboxylic acids is 1. The van der Waals surface area contributed by atoms with Gasteiger partial charge in [-0.15, -0.1) is 0 Å². The third-order valence-corrected chi connectivity index (χ3v) is 1.69. The van der Waals surface area contributed by atoms with Crippen LogP contribution in [0, 0.1) is 11.3 Å². The largest absolute Gasteiger partial charge is 0.478 e. The van der Waals surface area contributed by atoms with Crippen molar-refractivity contribution in [1.82, 2.24) is 9.88 Å². The normalized spacial score (nSPS) is 9.27. The van der Waals surface area contributed by atoms with E-state index < -0.39 is 5.97 Å². The zero-order valence-electron chi connectivity index (χ0n) is 7.80. The van der Waals surface area contributed by atoms with E-state index in [9.17, 15) is 9.59 Å². The fraction of sp³-hybridized carbons (Fsp3) is 0.222. The van der Waals surface area contributed by atoms with E-state index in [1.54, 1.807) is 6.07 Å². The number of carboxylic acids is 1. The third-order valence-electron chi connectivity index (χ3n) is 1.69. The monoisotopic (exact) mass is 207 g/mol. The highest BCUT2D eigenvalue weighted by molar-refractivity contribution is 5.87. The molecule has 0 unspecified atom stereocenters. The number of carbonyl (C=O) groups is 2. The predicted molar refractivity (Wildman–Crippen MR) is 50.0 cm³/mol. The van der Waals surface area contributed by atoms with E-state index in [2.05, 4.69) is 5.32 Å². The van der Waals surface area contributed by atoms with E-state index in [0.717, 1.165) is 0 Å². The number of nitriles is 1. The fourth-order valence-corrected chi connectivity index (χ4v) is 1.03. The first-order chi connectivity index (χ1) is 7.13. The van der Waals surface area contributed by atoms with Crippen molar-refractivity contribution in [2.75, 3.05) is 6.54 Å². The van der Waals surface area contributed by atoms with Crippen LogP contribution in [-0.2, 0) is 11.3 Å². The molecule has 1 rings (SSSR count). The smallest absolute Gasteiger partial charge is 0.337 e. The van der Waals surface area contributed by atoms with E-state index in [4.69, 9.17) is 10.4 Å². The zero-order chi connectivity index (χ0) is 11.3. The van der Waals surface area contributed by atoms with Crippen LogP contribution in [-0.4, -0.2) is 28.1 Å². The van der Waals surface area contributed by atoms with Gasteiger partial charge >= 0.3 is 5.97 Å². The zero-order valence-corrected chi connectivity index (χ0v) is 7.80. The molecule has 6 nitrogen and oxygen atoms in total. The lowest BCUT2D eigenvalue weighted by Crippen LogP contribution is -2.27. The molecule has 0 aliphatic carbocycles. The summed E-state index contributed by atoms with van der Waals surface area (Å²) in [4.78, 5) is 21.6. The van der Waals surface area contributed by atoms with Crippen molar-refractivity contribution < 1.29 is 14.7 Å². The van der Waals surface area contributed by atoms with Crippen LogP contribution < -0.4 is 5.32 Å². The number of aromatic carboxylic acids is 1. The first kappa shape index (κ1) is 10.8. The number of nitrogens with one attached hydrogen (secondary N) is 1. The number of hydrogen-bond acceptors (Lipinski definition) is 3. The first-order valence-corrected chi connectivity index (χ1v) is 4.16. The minimum Gasteiger partial charge on any atom is -0.478 e. The molecular weight excluding hydrogens is 198 g/mol. The summed E-state index contributed by atoms with van der Waals surface area (Å²) < 4.78 is 1.44. The van der Waals surface area contributed by atoms with Gasteiger partial charge in [0.1, 0.15) is 13.1 Å². The van der Waals surface area contributed by atoms with Crippen molar-refractivity contribution in [3.05, 3.63) is 24.0 Å². The molecule has 1 aromatic heterocycles. The number of hydrogen-bond donors (Lipinski definition) is 2. The average Bonchev–Trinajstić information content (AvgIpc) is 2.63. The van der Waals surface area contributed by atoms with Gasteiger partial charge in [0.15, 0.2) is 0 Å². The van der Waals surface area contributed by atoms with Crippen LogP contribution in [0.4, 0.5) is 0 Å². The van der Waals surface area contributed by atoms with Gasteiger partial charge in [-0.25, -0.2) is 4.79 Å². The molecule has 0 saturated heterocycles. The molecule has 0 spiro atoms. The number of aromatic nitrogens is 1. The molecule has 78 valence electrons. The second-order valence-electron chi connectivity index (χ2n) is 2.81. The van der Waals surface area contributed by atoms with Gasteiger partial charge in [0.25, 0.3) is 0 Å². The Morgan fingerprint density at radius 3 is 2.87 bits per heavy atom. The molecule has 0 aromatic carbocycles. The highest BCUT2D eigenvalue weighted by atomic mass is 16.4. The summed E-state index contributed by atoms with van der Waals surface area (Å²) in [6.45, 7) is -0.0408. The minimum atomic E-state index is -1.04. The summed E-state index contributed by atoms with van der Waals surface area (Å²) in [6.07, 6.45) is 2.85. The number of carboxylic acid groups (broad SMARTS) is 1. The van der Waals surface area contributed by atoms with E-state index >= 15 is 0 Å². The average molecular weight is 207 g/mol. The lowest BCUT2D eigenvalue weighted by Gasteiger charge is -2.01. The van der Waals surface area contributed by atoms with Crippen LogP contribution in [0.1, 0.15) is 10.4 Å². The number of amides is 1. The second kappa shape index (κ2) is 4.81. The molecule has 0 fully saturated rings. The van der Waals surface area contributed by atoms with Crippen molar-refractivity contribution in [3.63, 3.8) is 0 Å². The highest BCUT2D eigenvalue weighted by Crippen LogP contribution is 2.00. The molecule has 1 heterocycles. The Morgan fingerprint density at radius 1 is 1.60 bits per heavy atom. The van der Waals surface area contributed by atoms with Crippen LogP contribution in [0.3, 0.4) is 0 Å². The van der Waals surface area contributed by atoms with Crippen LogP contribution in [0.2, 0.25) is 0 Å². The maximum absolute atomic E-state index is 11.1. The highest BCUT2D eigenvalue weighted by Gasteiger charge is 2.06. The summed E-state index contributed by atoms with van der Waals surface area (Å²) >= 11 is 0. The van der Waals surface area contributed by atoms with Gasteiger partial charge in [-0.2, -0.15) is 5.26 Å². The maximum atomic E-state index is 11.1. The predicted octanol–water partition coefficient (Wildman–Crippen LogP) is -0.174. The fourth-order valence-electron chi connectivity index (χ4n) is 1.03. The van der Waals surface area contributed by atoms with Crippen molar-refractivity contribution in [1.29, 1.82) is 5.26 Å². The van der Waals surface area contributed by atoms with Crippen LogP contribution >= 0.6 is 0 Å². The molecule has 0 aliphatic heterocycles. The third kappa shape index (κ3) is 3.15. The Hall–Kier alpha value is -2.29. The Bertz CT molecular complexity index is 416. The molecule has 1 amide bonds. The van der Waals surface area contributed by atoms with Crippen molar-refractivity contribution in [3.8, 4) is 6.07 Å². The maximum Gasteiger partial charge on any atom is 0.337 e. The van der Waals surface area contributed by atoms with Crippen molar-refractivity contribution in [2.45, 2.75) is 6.54 Å². The molecular formula is C9H9N3O3. The Kier molecular flexibility index (Phi) is 3.46. The van der Waals surface area contributed by atoms with E-state index in [1.807, 2.05) is 0 Å². The molecule has 15 heavy (non-hydrogen) atoms. The van der Waals surface area contributed by atoms with Gasteiger partial charge in [0.05, 0.1) is 11.6 Å². The van der Waals surface area contributed by atoms with Gasteiger partial charge in [0, 0.05) is 12.4 Å². The molecule has 0 saturated carbocycles. The lowest BCUT2D eigenvalue weighted by molar-refractivity contribution is -0.121. The van der Waals surface area contributed by atoms with E-state index in [1.165, 1.54) is 23.0 Å². The lowest BCUT2D eigenvalue weighted by atomic mass is 10.4. The first-order valence-electron chi connectivity index (χ1n) is 4.16. The van der Waals surface area contributed by atoms with Crippen LogP contribution in [0.15, 0.2) is 18.5 Å². The number of rotatable bonds is 4. The Labute approximate surface area is 85.7 Å². The number of nitrogens with zero attached hydrogens (tertiary/aromatic N) is 2. The van der Waals surface area contributed by atoms with Gasteiger partial charge in [-0.1, -0.05) is 0 Å².